The van der Waals surface area contributed by atoms with Gasteiger partial charge in [-0.15, -0.1) is 6.42 Å². The van der Waals surface area contributed by atoms with E-state index in [0.29, 0.717) is 47.4 Å². The van der Waals surface area contributed by atoms with E-state index in [-0.39, 0.29) is 58.9 Å². The molecule has 6 heterocycles. The molecule has 0 radical (unpaired) electrons. The van der Waals surface area contributed by atoms with Crippen LogP contribution in [-0.4, -0.2) is 101 Å². The summed E-state index contributed by atoms with van der Waals surface area (Å²) in [6.45, 7) is 8.92. The van der Waals surface area contributed by atoms with Crippen LogP contribution >= 0.6 is 0 Å². The molecule has 2 aromatic heterocycles. The Hall–Kier alpha value is -4.80. The zero-order valence-corrected chi connectivity index (χ0v) is 30.6. The highest BCUT2D eigenvalue weighted by Gasteiger charge is 2.46. The number of carbonyl (C=O) groups excluding carboxylic acids is 1. The first-order valence-electron chi connectivity index (χ1n) is 18.3. The van der Waals surface area contributed by atoms with Crippen LogP contribution in [0, 0.1) is 24.0 Å². The summed E-state index contributed by atoms with van der Waals surface area (Å²) >= 11 is 0. The molecule has 4 aliphatic rings. The Balaban J connectivity index is 1.24. The number of rotatable bonds is 8. The third-order valence-corrected chi connectivity index (χ3v) is 11.1. The van der Waals surface area contributed by atoms with Crippen molar-refractivity contribution in [3.8, 4) is 35.4 Å². The van der Waals surface area contributed by atoms with Gasteiger partial charge < -0.3 is 23.8 Å². The van der Waals surface area contributed by atoms with Crippen LogP contribution in [-0.2, 0) is 9.47 Å². The molecule has 0 aliphatic carbocycles. The van der Waals surface area contributed by atoms with Crippen LogP contribution in [0.4, 0.5) is 19.4 Å². The Labute approximate surface area is 307 Å². The van der Waals surface area contributed by atoms with Crippen molar-refractivity contribution < 1.29 is 32.5 Å². The van der Waals surface area contributed by atoms with Crippen LogP contribution in [0.15, 0.2) is 30.5 Å². The fourth-order valence-electron chi connectivity index (χ4n) is 8.81. The molecule has 53 heavy (non-hydrogen) atoms. The standard InChI is InChI=1S/C40H44F2N6O5/c1-6-28-31(41)12-9-24-17-27(52-23-50-5)18-29(32(24)28)34-33(42)35-30(19-43-34)36(45-37(44-35)51-22-40-13-7-15-47(40)16-8-14-40)46-20-25-10-11-26(21-46)48(25)38(49)53-39(2,3)4/h1,9,12,17-19,25-26H,7-8,10-11,13-16,20-23H2,2-5H3. The largest absolute Gasteiger partial charge is 0.468 e. The lowest BCUT2D eigenvalue weighted by molar-refractivity contribution is 0.0122. The second-order valence-corrected chi connectivity index (χ2v) is 15.6. The number of methoxy groups -OCH3 is 1. The van der Waals surface area contributed by atoms with Gasteiger partial charge in [0, 0.05) is 37.3 Å². The first kappa shape index (κ1) is 35.2. The van der Waals surface area contributed by atoms with Gasteiger partial charge in [-0.05, 0) is 96.0 Å². The van der Waals surface area contributed by atoms with Crippen LogP contribution in [0.1, 0.15) is 64.9 Å². The Morgan fingerprint density at radius 3 is 2.47 bits per heavy atom. The molecule has 2 atom stereocenters. The molecule has 4 saturated heterocycles. The number of halogens is 2. The fraction of sp³-hybridized carbons (Fsp3) is 0.500. The Bertz CT molecular complexity index is 2110. The van der Waals surface area contributed by atoms with E-state index in [2.05, 4.69) is 20.7 Å². The highest BCUT2D eigenvalue weighted by Crippen LogP contribution is 2.42. The van der Waals surface area contributed by atoms with Gasteiger partial charge in [-0.25, -0.2) is 13.6 Å². The number of carbonyl (C=O) groups is 1. The van der Waals surface area contributed by atoms with Crippen LogP contribution in [0.5, 0.6) is 11.8 Å². The van der Waals surface area contributed by atoms with E-state index in [1.165, 1.54) is 13.2 Å². The lowest BCUT2D eigenvalue weighted by Gasteiger charge is -2.42. The Morgan fingerprint density at radius 2 is 1.79 bits per heavy atom. The Morgan fingerprint density at radius 1 is 1.06 bits per heavy atom. The van der Waals surface area contributed by atoms with Crippen LogP contribution in [0.25, 0.3) is 32.9 Å². The van der Waals surface area contributed by atoms with Gasteiger partial charge >= 0.3 is 12.1 Å². The first-order valence-corrected chi connectivity index (χ1v) is 18.3. The van der Waals surface area contributed by atoms with Gasteiger partial charge in [0.05, 0.1) is 28.6 Å². The number of fused-ring (bicyclic) bond motifs is 5. The number of terminal acetylenes is 1. The number of piperazine rings is 1. The zero-order chi connectivity index (χ0) is 37.1. The van der Waals surface area contributed by atoms with Gasteiger partial charge in [-0.1, -0.05) is 12.0 Å². The van der Waals surface area contributed by atoms with Crippen molar-refractivity contribution >= 4 is 33.6 Å². The zero-order valence-electron chi connectivity index (χ0n) is 30.6. The van der Waals surface area contributed by atoms with Crippen LogP contribution in [0.3, 0.4) is 0 Å². The number of pyridine rings is 1. The summed E-state index contributed by atoms with van der Waals surface area (Å²) in [6, 6.07) is 5.97. The number of hydrogen-bond acceptors (Lipinski definition) is 10. The molecule has 13 heteroatoms. The monoisotopic (exact) mass is 726 g/mol. The van der Waals surface area contributed by atoms with Crippen LogP contribution in [0.2, 0.25) is 0 Å². The number of nitrogens with zero attached hydrogens (tertiary/aromatic N) is 6. The molecule has 2 unspecified atom stereocenters. The minimum absolute atomic E-state index is 0.0131. The number of amides is 1. The second kappa shape index (κ2) is 13.6. The van der Waals surface area contributed by atoms with Crippen LogP contribution < -0.4 is 14.4 Å². The van der Waals surface area contributed by atoms with Gasteiger partial charge in [-0.3, -0.25) is 14.8 Å². The molecule has 4 aromatic rings. The number of hydrogen-bond donors (Lipinski definition) is 0. The molecule has 0 saturated carbocycles. The molecule has 0 N–H and O–H groups in total. The second-order valence-electron chi connectivity index (χ2n) is 15.6. The summed E-state index contributed by atoms with van der Waals surface area (Å²) in [6.07, 6.45) is 12.9. The molecular weight excluding hydrogens is 682 g/mol. The summed E-state index contributed by atoms with van der Waals surface area (Å²) in [5, 5.41) is 1.27. The number of anilines is 1. The quantitative estimate of drug-likeness (QED) is 0.144. The maximum atomic E-state index is 17.3. The number of ether oxygens (including phenoxy) is 4. The van der Waals surface area contributed by atoms with Crippen molar-refractivity contribution in [3.05, 3.63) is 47.7 Å². The van der Waals surface area contributed by atoms with Gasteiger partial charge in [0.2, 0.25) is 0 Å². The van der Waals surface area contributed by atoms with E-state index >= 15 is 8.78 Å². The lowest BCUT2D eigenvalue weighted by atomic mass is 9.95. The van der Waals surface area contributed by atoms with Gasteiger partial charge in [0.1, 0.15) is 40.8 Å². The van der Waals surface area contributed by atoms with Gasteiger partial charge in [0.15, 0.2) is 12.6 Å². The molecule has 4 aliphatic heterocycles. The predicted octanol–water partition coefficient (Wildman–Crippen LogP) is 6.68. The fourth-order valence-corrected chi connectivity index (χ4v) is 8.81. The summed E-state index contributed by atoms with van der Waals surface area (Å²) < 4.78 is 55.5. The summed E-state index contributed by atoms with van der Waals surface area (Å²) in [4.78, 5) is 33.9. The molecule has 1 amide bonds. The highest BCUT2D eigenvalue weighted by molar-refractivity contribution is 6.03. The summed E-state index contributed by atoms with van der Waals surface area (Å²) in [5.74, 6) is 1.95. The minimum Gasteiger partial charge on any atom is -0.468 e. The molecule has 8 rings (SSSR count). The summed E-state index contributed by atoms with van der Waals surface area (Å²) in [7, 11) is 1.49. The molecule has 4 fully saturated rings. The summed E-state index contributed by atoms with van der Waals surface area (Å²) in [5.41, 5.74) is -0.535. The smallest absolute Gasteiger partial charge is 0.410 e. The SMILES string of the molecule is C#Cc1c(F)ccc2cc(OCOC)cc(-c3ncc4c(N5CC6CCC(C5)N6C(=O)OC(C)(C)C)nc(OCC56CCCN5CCC6)nc4c3F)c12. The average molecular weight is 727 g/mol. The van der Waals surface area contributed by atoms with E-state index < -0.39 is 17.2 Å². The maximum Gasteiger partial charge on any atom is 0.410 e. The number of aromatic nitrogens is 3. The van der Waals surface area contributed by atoms with Crippen molar-refractivity contribution in [1.29, 1.82) is 0 Å². The molecule has 278 valence electrons. The van der Waals surface area contributed by atoms with Crippen molar-refractivity contribution in [1.82, 2.24) is 24.8 Å². The topological polar surface area (TPSA) is 102 Å². The minimum atomic E-state index is -0.731. The number of benzene rings is 2. The third kappa shape index (κ3) is 6.35. The molecular formula is C40H44F2N6O5. The Kier molecular flexibility index (Phi) is 9.02. The van der Waals surface area contributed by atoms with Crippen molar-refractivity contribution in [2.75, 3.05) is 51.6 Å². The molecule has 2 bridgehead atoms. The predicted molar refractivity (Wildman–Crippen MR) is 196 cm³/mol. The third-order valence-electron chi connectivity index (χ3n) is 11.1. The lowest BCUT2D eigenvalue weighted by Crippen LogP contribution is -2.57. The normalized spacial score (nSPS) is 20.9. The van der Waals surface area contributed by atoms with E-state index in [4.69, 9.17) is 35.3 Å². The van der Waals surface area contributed by atoms with Crippen molar-refractivity contribution in [2.45, 2.75) is 82.5 Å². The first-order chi connectivity index (χ1) is 25.5. The van der Waals surface area contributed by atoms with Crippen molar-refractivity contribution in [3.63, 3.8) is 0 Å². The maximum absolute atomic E-state index is 17.3. The van der Waals surface area contributed by atoms with Gasteiger partial charge in [-0.2, -0.15) is 9.97 Å². The van der Waals surface area contributed by atoms with Crippen molar-refractivity contribution in [2.24, 2.45) is 0 Å². The van der Waals surface area contributed by atoms with E-state index in [0.717, 1.165) is 51.6 Å². The highest BCUT2D eigenvalue weighted by atomic mass is 19.1. The van der Waals surface area contributed by atoms with E-state index in [9.17, 15) is 4.79 Å². The molecule has 11 nitrogen and oxygen atoms in total. The van der Waals surface area contributed by atoms with E-state index in [1.54, 1.807) is 24.4 Å². The average Bonchev–Trinajstić information content (AvgIpc) is 3.79. The molecule has 2 aromatic carbocycles. The van der Waals surface area contributed by atoms with E-state index in [1.807, 2.05) is 25.7 Å². The molecule has 0 spiro atoms. The van der Waals surface area contributed by atoms with Gasteiger partial charge in [0.25, 0.3) is 0 Å².